The van der Waals surface area contributed by atoms with Gasteiger partial charge in [0.05, 0.1) is 0 Å². The molecule has 1 heterocycles. The Morgan fingerprint density at radius 3 is 2.53 bits per heavy atom. The number of halogens is 3. The molecule has 0 aliphatic heterocycles. The number of hydrogen-bond donors (Lipinski definition) is 0. The fourth-order valence-corrected chi connectivity index (χ4v) is 1.09. The van der Waals surface area contributed by atoms with Crippen LogP contribution in [0.1, 0.15) is 18.9 Å². The van der Waals surface area contributed by atoms with Crippen LogP contribution in [0.5, 0.6) is 5.88 Å². The maximum absolute atomic E-state index is 11.8. The van der Waals surface area contributed by atoms with Crippen molar-refractivity contribution in [1.29, 1.82) is 0 Å². The first-order valence-corrected chi connectivity index (χ1v) is 4.66. The van der Waals surface area contributed by atoms with Crippen molar-refractivity contribution >= 4 is 0 Å². The highest BCUT2D eigenvalue weighted by Gasteiger charge is 2.28. The quantitative estimate of drug-likeness (QED) is 0.776. The molecule has 1 aromatic heterocycles. The molecule has 0 unspecified atom stereocenters. The molecule has 5 heteroatoms. The molecule has 0 aromatic carbocycles. The van der Waals surface area contributed by atoms with Crippen LogP contribution in [0.25, 0.3) is 0 Å². The lowest BCUT2D eigenvalue weighted by Gasteiger charge is -2.08. The standard InChI is InChI=1S/C10H12F3NO/c1-2-3-8-4-5-9(14-6-8)15-7-10(11,12)13/h4-6H,2-3,7H2,1H3. The van der Waals surface area contributed by atoms with Gasteiger partial charge in [0.2, 0.25) is 5.88 Å². The van der Waals surface area contributed by atoms with E-state index in [1.54, 1.807) is 6.07 Å². The van der Waals surface area contributed by atoms with Gasteiger partial charge in [0.1, 0.15) is 0 Å². The van der Waals surface area contributed by atoms with Crippen LogP contribution in [-0.2, 0) is 6.42 Å². The van der Waals surface area contributed by atoms with Crippen molar-refractivity contribution in [2.24, 2.45) is 0 Å². The number of aryl methyl sites for hydroxylation is 1. The largest absolute Gasteiger partial charge is 0.468 e. The minimum atomic E-state index is -4.32. The van der Waals surface area contributed by atoms with E-state index in [1.165, 1.54) is 12.3 Å². The van der Waals surface area contributed by atoms with Crippen LogP contribution in [-0.4, -0.2) is 17.8 Å². The molecule has 84 valence electrons. The summed E-state index contributed by atoms with van der Waals surface area (Å²) in [6.45, 7) is 0.723. The van der Waals surface area contributed by atoms with E-state index >= 15 is 0 Å². The molecular formula is C10H12F3NO. The minimum absolute atomic E-state index is 0.00665. The van der Waals surface area contributed by atoms with Gasteiger partial charge in [-0.1, -0.05) is 19.4 Å². The highest BCUT2D eigenvalue weighted by atomic mass is 19.4. The highest BCUT2D eigenvalue weighted by Crippen LogP contribution is 2.17. The van der Waals surface area contributed by atoms with E-state index in [-0.39, 0.29) is 5.88 Å². The second-order valence-electron chi connectivity index (χ2n) is 3.16. The van der Waals surface area contributed by atoms with E-state index in [0.717, 1.165) is 18.4 Å². The second-order valence-corrected chi connectivity index (χ2v) is 3.16. The van der Waals surface area contributed by atoms with Crippen LogP contribution in [0.2, 0.25) is 0 Å². The highest BCUT2D eigenvalue weighted by molar-refractivity contribution is 5.17. The molecular weight excluding hydrogens is 207 g/mol. The van der Waals surface area contributed by atoms with E-state index in [1.807, 2.05) is 6.92 Å². The molecule has 0 amide bonds. The SMILES string of the molecule is CCCc1ccc(OCC(F)(F)F)nc1. The Hall–Kier alpha value is -1.26. The van der Waals surface area contributed by atoms with Crippen molar-refractivity contribution in [3.05, 3.63) is 23.9 Å². The molecule has 0 saturated heterocycles. The molecule has 0 saturated carbocycles. The third-order valence-corrected chi connectivity index (χ3v) is 1.72. The Kier molecular flexibility index (Phi) is 3.94. The Bertz CT molecular complexity index is 295. The van der Waals surface area contributed by atoms with Crippen LogP contribution in [0, 0.1) is 0 Å². The van der Waals surface area contributed by atoms with E-state index in [4.69, 9.17) is 0 Å². The third-order valence-electron chi connectivity index (χ3n) is 1.72. The zero-order valence-corrected chi connectivity index (χ0v) is 8.34. The lowest BCUT2D eigenvalue weighted by molar-refractivity contribution is -0.154. The summed E-state index contributed by atoms with van der Waals surface area (Å²) < 4.78 is 39.8. The summed E-state index contributed by atoms with van der Waals surface area (Å²) in [5.74, 6) is 0.00665. The predicted octanol–water partition coefficient (Wildman–Crippen LogP) is 2.98. The van der Waals surface area contributed by atoms with Gasteiger partial charge in [0.25, 0.3) is 0 Å². The van der Waals surface area contributed by atoms with E-state index < -0.39 is 12.8 Å². The first kappa shape index (κ1) is 11.8. The summed E-state index contributed by atoms with van der Waals surface area (Å²) >= 11 is 0. The van der Waals surface area contributed by atoms with Gasteiger partial charge in [-0.2, -0.15) is 13.2 Å². The molecule has 0 bridgehead atoms. The normalized spacial score (nSPS) is 11.5. The van der Waals surface area contributed by atoms with Gasteiger partial charge in [-0.3, -0.25) is 0 Å². The van der Waals surface area contributed by atoms with Gasteiger partial charge >= 0.3 is 6.18 Å². The number of aromatic nitrogens is 1. The smallest absolute Gasteiger partial charge is 0.422 e. The zero-order chi connectivity index (χ0) is 11.3. The van der Waals surface area contributed by atoms with Crippen molar-refractivity contribution in [3.8, 4) is 5.88 Å². The summed E-state index contributed by atoms with van der Waals surface area (Å²) in [7, 11) is 0. The van der Waals surface area contributed by atoms with E-state index in [9.17, 15) is 13.2 Å². The fourth-order valence-electron chi connectivity index (χ4n) is 1.09. The van der Waals surface area contributed by atoms with Crippen molar-refractivity contribution in [3.63, 3.8) is 0 Å². The Morgan fingerprint density at radius 2 is 2.07 bits per heavy atom. The average Bonchev–Trinajstić information content (AvgIpc) is 2.16. The monoisotopic (exact) mass is 219 g/mol. The van der Waals surface area contributed by atoms with Crippen LogP contribution in [0.4, 0.5) is 13.2 Å². The number of pyridine rings is 1. The Morgan fingerprint density at radius 1 is 1.33 bits per heavy atom. The maximum atomic E-state index is 11.8. The number of alkyl halides is 3. The first-order valence-electron chi connectivity index (χ1n) is 4.66. The van der Waals surface area contributed by atoms with Gasteiger partial charge in [-0.15, -0.1) is 0 Å². The molecule has 1 rings (SSSR count). The Labute approximate surface area is 86.1 Å². The molecule has 0 aliphatic rings. The Balaban J connectivity index is 2.50. The van der Waals surface area contributed by atoms with Gasteiger partial charge in [0, 0.05) is 12.3 Å². The maximum Gasteiger partial charge on any atom is 0.422 e. The second kappa shape index (κ2) is 5.00. The fraction of sp³-hybridized carbons (Fsp3) is 0.500. The van der Waals surface area contributed by atoms with Crippen molar-refractivity contribution in [2.75, 3.05) is 6.61 Å². The van der Waals surface area contributed by atoms with Crippen molar-refractivity contribution < 1.29 is 17.9 Å². The summed E-state index contributed by atoms with van der Waals surface area (Å²) in [6.07, 6.45) is -0.935. The van der Waals surface area contributed by atoms with Gasteiger partial charge < -0.3 is 4.74 Å². The number of nitrogens with zero attached hydrogens (tertiary/aromatic N) is 1. The summed E-state index contributed by atoms with van der Waals surface area (Å²) in [6, 6.07) is 3.18. The summed E-state index contributed by atoms with van der Waals surface area (Å²) in [5.41, 5.74) is 0.997. The van der Waals surface area contributed by atoms with Crippen LogP contribution in [0.3, 0.4) is 0 Å². The van der Waals surface area contributed by atoms with Crippen molar-refractivity contribution in [1.82, 2.24) is 4.98 Å². The zero-order valence-electron chi connectivity index (χ0n) is 8.34. The van der Waals surface area contributed by atoms with Crippen LogP contribution >= 0.6 is 0 Å². The number of hydrogen-bond acceptors (Lipinski definition) is 2. The minimum Gasteiger partial charge on any atom is -0.468 e. The van der Waals surface area contributed by atoms with Gasteiger partial charge in [-0.05, 0) is 12.0 Å². The van der Waals surface area contributed by atoms with E-state index in [2.05, 4.69) is 9.72 Å². The molecule has 0 N–H and O–H groups in total. The molecule has 0 aliphatic carbocycles. The van der Waals surface area contributed by atoms with Gasteiger partial charge in [0.15, 0.2) is 6.61 Å². The summed E-state index contributed by atoms with van der Waals surface area (Å²) in [5, 5.41) is 0. The third kappa shape index (κ3) is 4.67. The van der Waals surface area contributed by atoms with Crippen molar-refractivity contribution in [2.45, 2.75) is 25.9 Å². The van der Waals surface area contributed by atoms with Crippen LogP contribution < -0.4 is 4.74 Å². The van der Waals surface area contributed by atoms with Gasteiger partial charge in [-0.25, -0.2) is 4.98 Å². The predicted molar refractivity (Wildman–Crippen MR) is 49.8 cm³/mol. The molecule has 0 atom stereocenters. The van der Waals surface area contributed by atoms with E-state index in [0.29, 0.717) is 0 Å². The molecule has 1 aromatic rings. The number of ether oxygens (including phenoxy) is 1. The summed E-state index contributed by atoms with van der Waals surface area (Å²) in [4.78, 5) is 3.78. The molecule has 0 spiro atoms. The average molecular weight is 219 g/mol. The number of rotatable bonds is 4. The molecule has 0 radical (unpaired) electrons. The topological polar surface area (TPSA) is 22.1 Å². The van der Waals surface area contributed by atoms with Crippen LogP contribution in [0.15, 0.2) is 18.3 Å². The molecule has 0 fully saturated rings. The molecule has 2 nitrogen and oxygen atoms in total. The molecule has 15 heavy (non-hydrogen) atoms. The lowest BCUT2D eigenvalue weighted by atomic mass is 10.2. The lowest BCUT2D eigenvalue weighted by Crippen LogP contribution is -2.19. The first-order chi connectivity index (χ1) is 7.01.